The molecular weight excluding hydrogens is 375 g/mol. The van der Waals surface area contributed by atoms with Gasteiger partial charge >= 0.3 is 6.18 Å². The number of fused-ring (bicyclic) bond motifs is 1. The van der Waals surface area contributed by atoms with Gasteiger partial charge in [-0.05, 0) is 12.0 Å². The molecular formula is C17H18F3N7O. The number of alkyl halides is 3. The number of aromatic amines is 1. The fraction of sp³-hybridized carbons (Fsp3) is 0.353. The van der Waals surface area contributed by atoms with Gasteiger partial charge in [0.25, 0.3) is 0 Å². The number of anilines is 1. The Morgan fingerprint density at radius 2 is 2.07 bits per heavy atom. The number of nitrogens with one attached hydrogen (secondary N) is 3. The summed E-state index contributed by atoms with van der Waals surface area (Å²) >= 11 is 0. The molecule has 0 fully saturated rings. The second kappa shape index (κ2) is 7.79. The third-order valence-corrected chi connectivity index (χ3v) is 3.97. The minimum atomic E-state index is -4.48. The number of nitrogens with zero attached hydrogens (tertiary/aromatic N) is 4. The molecule has 3 N–H and O–H groups in total. The van der Waals surface area contributed by atoms with E-state index in [0.29, 0.717) is 22.9 Å². The Balaban J connectivity index is 1.81. The van der Waals surface area contributed by atoms with Crippen LogP contribution in [0.4, 0.5) is 19.0 Å². The summed E-state index contributed by atoms with van der Waals surface area (Å²) in [5, 5.41) is 5.52. The highest BCUT2D eigenvalue weighted by Gasteiger charge is 2.30. The normalized spacial score (nSPS) is 12.9. The average molecular weight is 393 g/mol. The monoisotopic (exact) mass is 393 g/mol. The molecule has 1 amide bonds. The molecule has 28 heavy (non-hydrogen) atoms. The van der Waals surface area contributed by atoms with Crippen molar-refractivity contribution in [2.45, 2.75) is 26.1 Å². The molecule has 0 aliphatic carbocycles. The molecule has 1 atom stereocenters. The summed E-state index contributed by atoms with van der Waals surface area (Å²) in [7, 11) is 0. The van der Waals surface area contributed by atoms with Gasteiger partial charge in [0.05, 0.1) is 0 Å². The Hall–Kier alpha value is -3.24. The van der Waals surface area contributed by atoms with Crippen LogP contribution in [0.25, 0.3) is 22.4 Å². The van der Waals surface area contributed by atoms with Crippen LogP contribution in [0.3, 0.4) is 0 Å². The molecule has 3 heterocycles. The molecule has 0 aliphatic heterocycles. The Labute approximate surface area is 158 Å². The zero-order valence-electron chi connectivity index (χ0n) is 15.1. The van der Waals surface area contributed by atoms with Gasteiger partial charge in [-0.25, -0.2) is 19.9 Å². The molecule has 0 spiro atoms. The highest BCUT2D eigenvalue weighted by Crippen LogP contribution is 2.25. The highest BCUT2D eigenvalue weighted by molar-refractivity contribution is 5.91. The van der Waals surface area contributed by atoms with Gasteiger partial charge in [-0.2, -0.15) is 13.2 Å². The first kappa shape index (κ1) is 19.5. The quantitative estimate of drug-likeness (QED) is 0.594. The van der Waals surface area contributed by atoms with E-state index in [0.717, 1.165) is 5.39 Å². The third kappa shape index (κ3) is 4.53. The fourth-order valence-corrected chi connectivity index (χ4v) is 2.61. The first-order valence-corrected chi connectivity index (χ1v) is 8.46. The minimum absolute atomic E-state index is 0.270. The summed E-state index contributed by atoms with van der Waals surface area (Å²) in [6.07, 6.45) is 1.75. The summed E-state index contributed by atoms with van der Waals surface area (Å²) in [6.45, 7) is 2.06. The lowest BCUT2D eigenvalue weighted by Gasteiger charge is -2.22. The van der Waals surface area contributed by atoms with Crippen molar-refractivity contribution < 1.29 is 18.0 Å². The van der Waals surface area contributed by atoms with E-state index in [1.165, 1.54) is 12.5 Å². The number of hydrogen-bond donors (Lipinski definition) is 3. The molecule has 3 aromatic rings. The van der Waals surface area contributed by atoms with E-state index in [9.17, 15) is 18.0 Å². The van der Waals surface area contributed by atoms with E-state index < -0.39 is 24.7 Å². The van der Waals surface area contributed by atoms with E-state index in [-0.39, 0.29) is 5.92 Å². The van der Waals surface area contributed by atoms with Crippen LogP contribution in [0.15, 0.2) is 31.0 Å². The number of hydrogen-bond acceptors (Lipinski definition) is 6. The minimum Gasteiger partial charge on any atom is -0.358 e. The van der Waals surface area contributed by atoms with Crippen molar-refractivity contribution in [2.75, 3.05) is 11.9 Å². The zero-order chi connectivity index (χ0) is 20.3. The maximum absolute atomic E-state index is 12.4. The number of carbonyl (C=O) groups is 1. The Bertz CT molecular complexity index is 971. The average Bonchev–Trinajstić information content (AvgIpc) is 3.08. The molecule has 3 rings (SSSR count). The standard InChI is InChI=1S/C17H18F3N7O/c1-9(2)13(16(28)24-7-17(18,19)20)26-12-3-4-22-15(27-12)11-6-23-14-10(11)5-21-8-25-14/h3-6,8-9,13H,7H2,1-2H3,(H,24,28)(H,21,23,25)(H,22,26,27)/t13-/m1/s1. The van der Waals surface area contributed by atoms with Gasteiger partial charge in [0.2, 0.25) is 5.91 Å². The number of amides is 1. The molecule has 0 radical (unpaired) electrons. The van der Waals surface area contributed by atoms with Gasteiger partial charge in [0.1, 0.15) is 30.4 Å². The number of rotatable bonds is 6. The van der Waals surface area contributed by atoms with Crippen LogP contribution < -0.4 is 10.6 Å². The number of carbonyl (C=O) groups excluding carboxylic acids is 1. The van der Waals surface area contributed by atoms with Gasteiger partial charge in [0.15, 0.2) is 5.82 Å². The summed E-state index contributed by atoms with van der Waals surface area (Å²) in [5.41, 5.74) is 1.29. The molecule has 3 aromatic heterocycles. The van der Waals surface area contributed by atoms with Crippen LogP contribution in [0.1, 0.15) is 13.8 Å². The second-order valence-corrected chi connectivity index (χ2v) is 6.45. The maximum Gasteiger partial charge on any atom is 0.405 e. The first-order chi connectivity index (χ1) is 13.2. The summed E-state index contributed by atoms with van der Waals surface area (Å²) < 4.78 is 37.1. The number of aromatic nitrogens is 5. The Kier molecular flexibility index (Phi) is 5.43. The fourth-order valence-electron chi connectivity index (χ4n) is 2.61. The van der Waals surface area contributed by atoms with Crippen molar-refractivity contribution >= 4 is 22.8 Å². The topological polar surface area (TPSA) is 108 Å². The summed E-state index contributed by atoms with van der Waals surface area (Å²) in [4.78, 5) is 31.9. The van der Waals surface area contributed by atoms with E-state index in [2.05, 4.69) is 30.2 Å². The molecule has 8 nitrogen and oxygen atoms in total. The van der Waals surface area contributed by atoms with Crippen LogP contribution >= 0.6 is 0 Å². The lowest BCUT2D eigenvalue weighted by Crippen LogP contribution is -2.46. The Morgan fingerprint density at radius 1 is 1.29 bits per heavy atom. The van der Waals surface area contributed by atoms with Gasteiger partial charge in [0, 0.05) is 29.5 Å². The molecule has 0 saturated heterocycles. The van der Waals surface area contributed by atoms with Crippen LogP contribution in [0.5, 0.6) is 0 Å². The summed E-state index contributed by atoms with van der Waals surface area (Å²) in [5.74, 6) is -0.345. The summed E-state index contributed by atoms with van der Waals surface area (Å²) in [6, 6.07) is 0.651. The van der Waals surface area contributed by atoms with E-state index in [1.54, 1.807) is 32.3 Å². The van der Waals surface area contributed by atoms with Crippen molar-refractivity contribution in [1.82, 2.24) is 30.2 Å². The van der Waals surface area contributed by atoms with Gasteiger partial charge in [-0.3, -0.25) is 4.79 Å². The molecule has 0 unspecified atom stereocenters. The van der Waals surface area contributed by atoms with E-state index in [4.69, 9.17) is 0 Å². The zero-order valence-corrected chi connectivity index (χ0v) is 15.1. The second-order valence-electron chi connectivity index (χ2n) is 6.45. The highest BCUT2D eigenvalue weighted by atomic mass is 19.4. The van der Waals surface area contributed by atoms with Crippen molar-refractivity contribution in [3.63, 3.8) is 0 Å². The van der Waals surface area contributed by atoms with Crippen LogP contribution in [-0.4, -0.2) is 49.6 Å². The van der Waals surface area contributed by atoms with E-state index in [1.807, 2.05) is 5.32 Å². The number of H-pyrrole nitrogens is 1. The van der Waals surface area contributed by atoms with Gasteiger partial charge in [-0.1, -0.05) is 13.8 Å². The predicted molar refractivity (Wildman–Crippen MR) is 96.2 cm³/mol. The maximum atomic E-state index is 12.4. The molecule has 148 valence electrons. The lowest BCUT2D eigenvalue weighted by atomic mass is 10.0. The molecule has 0 bridgehead atoms. The molecule has 0 saturated carbocycles. The van der Waals surface area contributed by atoms with Crippen molar-refractivity contribution in [3.8, 4) is 11.4 Å². The van der Waals surface area contributed by atoms with Gasteiger partial charge < -0.3 is 15.6 Å². The third-order valence-electron chi connectivity index (χ3n) is 3.97. The molecule has 0 aliphatic rings. The van der Waals surface area contributed by atoms with Crippen molar-refractivity contribution in [2.24, 2.45) is 5.92 Å². The Morgan fingerprint density at radius 3 is 2.79 bits per heavy atom. The first-order valence-electron chi connectivity index (χ1n) is 8.46. The molecule has 11 heteroatoms. The van der Waals surface area contributed by atoms with E-state index >= 15 is 0 Å². The van der Waals surface area contributed by atoms with Crippen LogP contribution in [0.2, 0.25) is 0 Å². The van der Waals surface area contributed by atoms with Crippen molar-refractivity contribution in [3.05, 3.63) is 31.0 Å². The largest absolute Gasteiger partial charge is 0.405 e. The SMILES string of the molecule is CC(C)[C@@H](Nc1ccnc(-c2c[nH]c3ncncc23)n1)C(=O)NCC(F)(F)F. The number of halogens is 3. The van der Waals surface area contributed by atoms with Crippen molar-refractivity contribution in [1.29, 1.82) is 0 Å². The van der Waals surface area contributed by atoms with Crippen LogP contribution in [-0.2, 0) is 4.79 Å². The molecule has 0 aromatic carbocycles. The lowest BCUT2D eigenvalue weighted by molar-refractivity contribution is -0.139. The van der Waals surface area contributed by atoms with Gasteiger partial charge in [-0.15, -0.1) is 0 Å². The van der Waals surface area contributed by atoms with Crippen LogP contribution in [0, 0.1) is 5.92 Å². The smallest absolute Gasteiger partial charge is 0.358 e. The predicted octanol–water partition coefficient (Wildman–Crippen LogP) is 2.53.